The van der Waals surface area contributed by atoms with E-state index in [0.29, 0.717) is 6.42 Å². The molecule has 52 heavy (non-hydrogen) atoms. The topological polar surface area (TPSA) is 195 Å². The molecule has 0 aromatic carbocycles. The third-order valence-corrected chi connectivity index (χ3v) is 7.59. The number of hydrogen-bond donors (Lipinski definition) is 0. The highest BCUT2D eigenvalue weighted by Gasteiger charge is 2.30. The van der Waals surface area contributed by atoms with Crippen molar-refractivity contribution in [2.24, 2.45) is 21.7 Å². The first-order valence-electron chi connectivity index (χ1n) is 15.4. The maximum Gasteiger partial charge on any atom is 0.483 e. The summed E-state index contributed by atoms with van der Waals surface area (Å²) in [7, 11) is -3.76. The lowest BCUT2D eigenvalue weighted by atomic mass is 9.92. The van der Waals surface area contributed by atoms with Crippen LogP contribution in [0.1, 0.15) is 124 Å². The number of esters is 4. The van der Waals surface area contributed by atoms with Crippen molar-refractivity contribution in [1.29, 1.82) is 0 Å². The zero-order chi connectivity index (χ0) is 40.0. The van der Waals surface area contributed by atoms with Crippen molar-refractivity contribution in [3.05, 3.63) is 0 Å². The Morgan fingerprint density at radius 3 is 0.808 bits per heavy atom. The molecule has 0 rings (SSSR count). The SMILES string of the molecule is C.C.CC(C)(C)CC(=O)OCCl.CC(C)(C)CC(=O)OCOP(=O)(OCOC(=O)CC(C)(C)C)OCOC(=O)CC(C)(C)C.COP(=O)(OC)OC. The van der Waals surface area contributed by atoms with Crippen LogP contribution in [0.4, 0.5) is 0 Å². The molecule has 0 N–H and O–H groups in total. The summed E-state index contributed by atoms with van der Waals surface area (Å²) >= 11 is 5.18. The highest BCUT2D eigenvalue weighted by Crippen LogP contribution is 2.49. The summed E-state index contributed by atoms with van der Waals surface area (Å²) in [5, 5.41) is 0. The number of rotatable bonds is 17. The van der Waals surface area contributed by atoms with Gasteiger partial charge in [0.1, 0.15) is 0 Å². The van der Waals surface area contributed by atoms with Crippen LogP contribution >= 0.6 is 27.2 Å². The second-order valence-electron chi connectivity index (χ2n) is 15.3. The predicted octanol–water partition coefficient (Wildman–Crippen LogP) is 9.42. The van der Waals surface area contributed by atoms with Gasteiger partial charge in [-0.3, -0.25) is 32.7 Å². The summed E-state index contributed by atoms with van der Waals surface area (Å²) in [6.45, 7) is 20.4. The molecule has 0 aromatic rings. The molecule has 0 aromatic heterocycles. The van der Waals surface area contributed by atoms with Gasteiger partial charge in [0.25, 0.3) is 0 Å². The Balaban J connectivity index is -0.000000301. The van der Waals surface area contributed by atoms with E-state index in [0.717, 1.165) is 0 Å². The monoisotopic (exact) mass is 818 g/mol. The zero-order valence-corrected chi connectivity index (χ0v) is 35.0. The molecule has 0 heterocycles. The van der Waals surface area contributed by atoms with Crippen LogP contribution < -0.4 is 0 Å². The zero-order valence-electron chi connectivity index (χ0n) is 32.5. The molecule has 0 radical (unpaired) electrons. The van der Waals surface area contributed by atoms with E-state index >= 15 is 0 Å². The van der Waals surface area contributed by atoms with Crippen LogP contribution in [0.15, 0.2) is 0 Å². The Kier molecular flexibility index (Phi) is 32.0. The molecule has 0 saturated carbocycles. The number of carbonyl (C=O) groups excluding carboxylic acids is 4. The largest absolute Gasteiger partial charge is 0.483 e. The number of alkyl halides is 1. The van der Waals surface area contributed by atoms with Gasteiger partial charge in [0, 0.05) is 21.3 Å². The van der Waals surface area contributed by atoms with Crippen molar-refractivity contribution < 1.29 is 74.4 Å². The quantitative estimate of drug-likeness (QED) is 0.0442. The van der Waals surface area contributed by atoms with E-state index in [1.54, 1.807) is 0 Å². The molecule has 0 atom stereocenters. The summed E-state index contributed by atoms with van der Waals surface area (Å²) in [5.74, 6) is -1.95. The minimum Gasteiger partial charge on any atom is -0.449 e. The van der Waals surface area contributed by atoms with Crippen LogP contribution in [0.5, 0.6) is 0 Å². The van der Waals surface area contributed by atoms with Crippen molar-refractivity contribution in [2.75, 3.05) is 47.8 Å². The van der Waals surface area contributed by atoms with E-state index in [2.05, 4.69) is 18.3 Å². The molecular weight excluding hydrogens is 750 g/mol. The van der Waals surface area contributed by atoms with E-state index in [-0.39, 0.29) is 67.8 Å². The first kappa shape index (κ1) is 59.7. The molecule has 314 valence electrons. The number of phosphoric ester groups is 2. The molecule has 16 nitrogen and oxygen atoms in total. The fraction of sp³-hybridized carbons (Fsp3) is 0.879. The van der Waals surface area contributed by atoms with E-state index < -0.39 is 53.9 Å². The lowest BCUT2D eigenvalue weighted by Gasteiger charge is -2.21. The van der Waals surface area contributed by atoms with Gasteiger partial charge in [-0.1, -0.05) is 110 Å². The molecule has 0 saturated heterocycles. The summed E-state index contributed by atoms with van der Waals surface area (Å²) in [6.07, 6.45) is 0.741. The molecule has 0 bridgehead atoms. The Bertz CT molecular complexity index is 994. The number of halogens is 1. The Hall–Kier alpha value is -1.61. The van der Waals surface area contributed by atoms with Crippen molar-refractivity contribution in [3.8, 4) is 0 Å². The first-order chi connectivity index (χ1) is 22.4. The van der Waals surface area contributed by atoms with Crippen molar-refractivity contribution >= 4 is 51.1 Å². The Labute approximate surface area is 318 Å². The average molecular weight is 819 g/mol. The normalized spacial score (nSPS) is 11.9. The summed E-state index contributed by atoms with van der Waals surface area (Å²) in [5.41, 5.74) is -0.938. The van der Waals surface area contributed by atoms with Crippen molar-refractivity contribution in [2.45, 2.75) is 124 Å². The summed E-state index contributed by atoms with van der Waals surface area (Å²) in [4.78, 5) is 46.2. The first-order valence-corrected chi connectivity index (χ1v) is 18.9. The minimum absolute atomic E-state index is 0. The second-order valence-corrected chi connectivity index (χ2v) is 19.2. The molecule has 0 aliphatic rings. The van der Waals surface area contributed by atoms with Gasteiger partial charge in [0.15, 0.2) is 6.07 Å². The molecule has 0 fully saturated rings. The number of phosphoric acid groups is 2. The van der Waals surface area contributed by atoms with Gasteiger partial charge < -0.3 is 18.9 Å². The van der Waals surface area contributed by atoms with Crippen LogP contribution in [-0.4, -0.2) is 71.7 Å². The number of carbonyl (C=O) groups is 4. The molecule has 0 amide bonds. The molecule has 0 aliphatic heterocycles. The third-order valence-electron chi connectivity index (χ3n) is 4.88. The fourth-order valence-corrected chi connectivity index (χ4v) is 4.14. The molecular formula is C33H69ClO16P2. The minimum atomic E-state index is -4.37. The van der Waals surface area contributed by atoms with E-state index in [4.69, 9.17) is 39.4 Å². The van der Waals surface area contributed by atoms with Crippen LogP contribution in [-0.2, 0) is 74.4 Å². The van der Waals surface area contributed by atoms with Crippen LogP contribution in [0.2, 0.25) is 0 Å². The standard InChI is InChI=1S/C21H39O10P.C7H13ClO2.C3H9O4P.2CH4/c1-19(2,3)10-16(22)26-13-29-32(25,30-14-27-17(23)11-20(4,5)6)31-15-28-18(24)12-21(7,8)9;1-7(2,3)4-6(9)10-5-8;1-5-8(4,6-2)7-3;;/h10-15H2,1-9H3;4-5H2,1-3H3;1-3H3;2*1H4. The summed E-state index contributed by atoms with van der Waals surface area (Å²) < 4.78 is 70.6. The van der Waals surface area contributed by atoms with Gasteiger partial charge in [-0.15, -0.1) is 0 Å². The maximum absolute atomic E-state index is 12.8. The van der Waals surface area contributed by atoms with Gasteiger partial charge in [0.05, 0.1) is 25.7 Å². The lowest BCUT2D eigenvalue weighted by molar-refractivity contribution is -0.158. The molecule has 19 heteroatoms. The van der Waals surface area contributed by atoms with Crippen LogP contribution in [0, 0.1) is 21.7 Å². The van der Waals surface area contributed by atoms with Crippen molar-refractivity contribution in [3.63, 3.8) is 0 Å². The maximum atomic E-state index is 12.8. The second kappa shape index (κ2) is 27.9. The lowest BCUT2D eigenvalue weighted by Crippen LogP contribution is -2.19. The van der Waals surface area contributed by atoms with Gasteiger partial charge >= 0.3 is 39.5 Å². The Morgan fingerprint density at radius 2 is 0.654 bits per heavy atom. The summed E-state index contributed by atoms with van der Waals surface area (Å²) in [6, 6.07) is -0.0467. The highest BCUT2D eigenvalue weighted by molar-refractivity contribution is 7.48. The highest BCUT2D eigenvalue weighted by atomic mass is 35.5. The van der Waals surface area contributed by atoms with Crippen LogP contribution in [0.25, 0.3) is 0 Å². The third kappa shape index (κ3) is 41.2. The van der Waals surface area contributed by atoms with E-state index in [1.807, 2.05) is 83.1 Å². The number of ether oxygens (including phenoxy) is 4. The van der Waals surface area contributed by atoms with Gasteiger partial charge in [-0.05, 0) is 21.7 Å². The average Bonchev–Trinajstić information content (AvgIpc) is 2.89. The van der Waals surface area contributed by atoms with Crippen molar-refractivity contribution in [1.82, 2.24) is 0 Å². The number of hydrogen-bond acceptors (Lipinski definition) is 16. The predicted molar refractivity (Wildman–Crippen MR) is 199 cm³/mol. The van der Waals surface area contributed by atoms with Gasteiger partial charge in [-0.2, -0.15) is 0 Å². The molecule has 0 unspecified atom stereocenters. The van der Waals surface area contributed by atoms with Gasteiger partial charge in [0.2, 0.25) is 20.4 Å². The molecule has 0 aliphatic carbocycles. The van der Waals surface area contributed by atoms with E-state index in [1.165, 1.54) is 21.3 Å². The fourth-order valence-electron chi connectivity index (χ4n) is 2.80. The van der Waals surface area contributed by atoms with Gasteiger partial charge in [-0.25, -0.2) is 22.7 Å². The Morgan fingerprint density at radius 1 is 0.442 bits per heavy atom. The smallest absolute Gasteiger partial charge is 0.449 e. The van der Waals surface area contributed by atoms with E-state index in [9.17, 15) is 28.3 Å². The van der Waals surface area contributed by atoms with Crippen LogP contribution in [0.3, 0.4) is 0 Å². The molecule has 0 spiro atoms.